The molecule has 0 aliphatic heterocycles. The molecule has 3 rings (SSSR count). The zero-order valence-electron chi connectivity index (χ0n) is 12.5. The van der Waals surface area contributed by atoms with E-state index in [2.05, 4.69) is 4.98 Å². The number of hydrogen-bond acceptors (Lipinski definition) is 4. The van der Waals surface area contributed by atoms with Crippen LogP contribution >= 0.6 is 0 Å². The maximum absolute atomic E-state index is 11.4. The molecule has 0 spiro atoms. The summed E-state index contributed by atoms with van der Waals surface area (Å²) >= 11 is 0. The van der Waals surface area contributed by atoms with Gasteiger partial charge in [0.1, 0.15) is 17.9 Å². The molecule has 1 aromatic heterocycles. The molecule has 0 saturated carbocycles. The third kappa shape index (κ3) is 3.08. The molecule has 0 radical (unpaired) electrons. The Hall–Kier alpha value is -3.08. The second-order valence-corrected chi connectivity index (χ2v) is 4.94. The van der Waals surface area contributed by atoms with Crippen molar-refractivity contribution in [3.63, 3.8) is 0 Å². The minimum atomic E-state index is -1.00. The predicted molar refractivity (Wildman–Crippen MR) is 86.0 cm³/mol. The van der Waals surface area contributed by atoms with Gasteiger partial charge in [-0.3, -0.25) is 0 Å². The summed E-state index contributed by atoms with van der Waals surface area (Å²) in [7, 11) is 1.51. The van der Waals surface area contributed by atoms with Gasteiger partial charge in [0, 0.05) is 11.5 Å². The van der Waals surface area contributed by atoms with Gasteiger partial charge in [-0.2, -0.15) is 0 Å². The lowest BCUT2D eigenvalue weighted by atomic mass is 10.1. The van der Waals surface area contributed by atoms with Crippen LogP contribution in [0.1, 0.15) is 15.9 Å². The van der Waals surface area contributed by atoms with Gasteiger partial charge in [0.15, 0.2) is 0 Å². The van der Waals surface area contributed by atoms with Crippen LogP contribution in [0.15, 0.2) is 54.6 Å². The molecule has 3 aromatic rings. The lowest BCUT2D eigenvalue weighted by molar-refractivity contribution is 0.0699. The van der Waals surface area contributed by atoms with Gasteiger partial charge in [-0.15, -0.1) is 0 Å². The summed E-state index contributed by atoms with van der Waals surface area (Å²) in [6.45, 7) is 0.376. The van der Waals surface area contributed by atoms with Crippen LogP contribution in [-0.2, 0) is 6.61 Å². The number of benzene rings is 2. The lowest BCUT2D eigenvalue weighted by Gasteiger charge is -2.11. The second kappa shape index (κ2) is 6.36. The van der Waals surface area contributed by atoms with E-state index in [4.69, 9.17) is 9.47 Å². The van der Waals surface area contributed by atoms with Crippen LogP contribution in [0.5, 0.6) is 11.6 Å². The highest BCUT2D eigenvalue weighted by Gasteiger charge is 2.14. The number of ether oxygens (including phenoxy) is 2. The number of rotatable bonds is 5. The Labute approximate surface area is 133 Å². The smallest absolute Gasteiger partial charge is 0.336 e. The van der Waals surface area contributed by atoms with E-state index >= 15 is 0 Å². The Morgan fingerprint density at radius 3 is 2.57 bits per heavy atom. The largest absolute Gasteiger partial charge is 0.487 e. The van der Waals surface area contributed by atoms with Crippen molar-refractivity contribution >= 4 is 16.9 Å². The highest BCUT2D eigenvalue weighted by atomic mass is 16.5. The van der Waals surface area contributed by atoms with Crippen LogP contribution in [-0.4, -0.2) is 23.2 Å². The standard InChI is InChI=1S/C18H15NO4/c1-22-16-10-8-13-14(18(20)21)7-9-15(17(13)19-16)23-11-12-5-3-2-4-6-12/h2-10H,11H2,1H3,(H,20,21). The molecule has 0 saturated heterocycles. The summed E-state index contributed by atoms with van der Waals surface area (Å²) in [4.78, 5) is 15.7. The van der Waals surface area contributed by atoms with E-state index in [1.54, 1.807) is 18.2 Å². The van der Waals surface area contributed by atoms with Gasteiger partial charge in [0.25, 0.3) is 0 Å². The van der Waals surface area contributed by atoms with Gasteiger partial charge in [0.2, 0.25) is 5.88 Å². The Morgan fingerprint density at radius 1 is 1.09 bits per heavy atom. The molecule has 1 heterocycles. The number of methoxy groups -OCH3 is 1. The van der Waals surface area contributed by atoms with Crippen molar-refractivity contribution in [1.29, 1.82) is 0 Å². The number of hydrogen-bond donors (Lipinski definition) is 1. The number of aromatic nitrogens is 1. The highest BCUT2D eigenvalue weighted by Crippen LogP contribution is 2.29. The number of pyridine rings is 1. The Morgan fingerprint density at radius 2 is 1.87 bits per heavy atom. The first kappa shape index (κ1) is 14.8. The Kier molecular flexibility index (Phi) is 4.10. The second-order valence-electron chi connectivity index (χ2n) is 4.94. The number of nitrogens with zero attached hydrogens (tertiary/aromatic N) is 1. The van der Waals surface area contributed by atoms with Crippen LogP contribution < -0.4 is 9.47 Å². The van der Waals surface area contributed by atoms with E-state index in [1.165, 1.54) is 13.2 Å². The number of carboxylic acid groups (broad SMARTS) is 1. The maximum atomic E-state index is 11.4. The van der Waals surface area contributed by atoms with Gasteiger partial charge in [0.05, 0.1) is 12.7 Å². The fourth-order valence-electron chi connectivity index (χ4n) is 2.33. The molecule has 116 valence electrons. The third-order valence-corrected chi connectivity index (χ3v) is 3.47. The molecule has 0 unspecified atom stereocenters. The molecular weight excluding hydrogens is 294 g/mol. The quantitative estimate of drug-likeness (QED) is 0.781. The predicted octanol–water partition coefficient (Wildman–Crippen LogP) is 3.52. The zero-order valence-corrected chi connectivity index (χ0v) is 12.5. The van der Waals surface area contributed by atoms with Crippen molar-refractivity contribution in [2.75, 3.05) is 7.11 Å². The lowest BCUT2D eigenvalue weighted by Crippen LogP contribution is -2.02. The van der Waals surface area contributed by atoms with Gasteiger partial charge in [-0.25, -0.2) is 9.78 Å². The van der Waals surface area contributed by atoms with Crippen molar-refractivity contribution in [1.82, 2.24) is 4.98 Å². The van der Waals surface area contributed by atoms with Crippen molar-refractivity contribution < 1.29 is 19.4 Å². The van der Waals surface area contributed by atoms with E-state index in [-0.39, 0.29) is 5.56 Å². The highest BCUT2D eigenvalue weighted by molar-refractivity contribution is 6.04. The van der Waals surface area contributed by atoms with Crippen LogP contribution in [0.25, 0.3) is 10.9 Å². The molecule has 1 N–H and O–H groups in total. The first-order valence-corrected chi connectivity index (χ1v) is 7.07. The summed E-state index contributed by atoms with van der Waals surface area (Å²) in [5.41, 5.74) is 1.67. The minimum absolute atomic E-state index is 0.183. The number of carboxylic acids is 1. The molecule has 2 aromatic carbocycles. The van der Waals surface area contributed by atoms with E-state index in [0.717, 1.165) is 5.56 Å². The number of fused-ring (bicyclic) bond motifs is 1. The van der Waals surface area contributed by atoms with Gasteiger partial charge in [-0.05, 0) is 23.8 Å². The van der Waals surface area contributed by atoms with Crippen LogP contribution in [0.4, 0.5) is 0 Å². The molecule has 0 aliphatic rings. The topological polar surface area (TPSA) is 68.7 Å². The molecule has 0 aliphatic carbocycles. The first-order chi connectivity index (χ1) is 11.2. The van der Waals surface area contributed by atoms with Gasteiger partial charge < -0.3 is 14.6 Å². The van der Waals surface area contributed by atoms with Crippen molar-refractivity contribution in [2.45, 2.75) is 6.61 Å². The summed E-state index contributed by atoms with van der Waals surface area (Å²) in [5.74, 6) is -0.0751. The average Bonchev–Trinajstić information content (AvgIpc) is 2.59. The summed E-state index contributed by atoms with van der Waals surface area (Å²) < 4.78 is 11.0. The third-order valence-electron chi connectivity index (χ3n) is 3.47. The molecule has 5 heteroatoms. The van der Waals surface area contributed by atoms with Crippen molar-refractivity contribution in [3.8, 4) is 11.6 Å². The zero-order chi connectivity index (χ0) is 16.2. The van der Waals surface area contributed by atoms with Gasteiger partial charge >= 0.3 is 5.97 Å². The monoisotopic (exact) mass is 309 g/mol. The fourth-order valence-corrected chi connectivity index (χ4v) is 2.33. The normalized spacial score (nSPS) is 10.5. The van der Waals surface area contributed by atoms with Crippen LogP contribution in [0.3, 0.4) is 0 Å². The summed E-state index contributed by atoms with van der Waals surface area (Å²) in [6, 6.07) is 16.2. The van der Waals surface area contributed by atoms with E-state index in [1.807, 2.05) is 30.3 Å². The molecule has 0 fully saturated rings. The molecule has 0 bridgehead atoms. The Bertz CT molecular complexity index is 846. The Balaban J connectivity index is 2.02. The minimum Gasteiger partial charge on any atom is -0.487 e. The summed E-state index contributed by atoms with van der Waals surface area (Å²) in [6.07, 6.45) is 0. The van der Waals surface area contributed by atoms with Crippen LogP contribution in [0, 0.1) is 0 Å². The van der Waals surface area contributed by atoms with Crippen molar-refractivity contribution in [3.05, 3.63) is 65.7 Å². The maximum Gasteiger partial charge on any atom is 0.336 e. The van der Waals surface area contributed by atoms with E-state index in [9.17, 15) is 9.90 Å². The summed E-state index contributed by atoms with van der Waals surface area (Å²) in [5, 5.41) is 9.83. The fraction of sp³-hybridized carbons (Fsp3) is 0.111. The van der Waals surface area contributed by atoms with Crippen LogP contribution in [0.2, 0.25) is 0 Å². The van der Waals surface area contributed by atoms with Gasteiger partial charge in [-0.1, -0.05) is 30.3 Å². The molecule has 5 nitrogen and oxygen atoms in total. The molecule has 0 amide bonds. The molecule has 0 atom stereocenters. The number of aromatic carboxylic acids is 1. The SMILES string of the molecule is COc1ccc2c(C(=O)O)ccc(OCc3ccccc3)c2n1. The van der Waals surface area contributed by atoms with E-state index in [0.29, 0.717) is 29.1 Å². The first-order valence-electron chi connectivity index (χ1n) is 7.07. The molecule has 23 heavy (non-hydrogen) atoms. The van der Waals surface area contributed by atoms with E-state index < -0.39 is 5.97 Å². The van der Waals surface area contributed by atoms with Crippen molar-refractivity contribution in [2.24, 2.45) is 0 Å². The molecular formula is C18H15NO4. The number of carbonyl (C=O) groups is 1. The average molecular weight is 309 g/mol.